The summed E-state index contributed by atoms with van der Waals surface area (Å²) < 4.78 is 14.9. The van der Waals surface area contributed by atoms with Crippen LogP contribution in [0.25, 0.3) is 11.3 Å². The molecule has 3 rings (SSSR count). The predicted octanol–water partition coefficient (Wildman–Crippen LogP) is 3.20. The fraction of sp³-hybridized carbons (Fsp3) is 0.300. The highest BCUT2D eigenvalue weighted by atomic mass is 32.1. The van der Waals surface area contributed by atoms with E-state index in [2.05, 4.69) is 10.4 Å². The number of thiophene rings is 1. The predicted molar refractivity (Wildman–Crippen MR) is 106 cm³/mol. The summed E-state index contributed by atoms with van der Waals surface area (Å²) in [5.74, 6) is -0.425. The van der Waals surface area contributed by atoms with Gasteiger partial charge in [-0.1, -0.05) is 12.1 Å². The van der Waals surface area contributed by atoms with Gasteiger partial charge < -0.3 is 11.1 Å². The average Bonchev–Trinajstić information content (AvgIpc) is 3.18. The molecule has 0 fully saturated rings. The SMILES string of the molecule is Cc1cnn(C)c1-c1cc(C(=O)N[C@H](CN)Cc2ccc(F)cc2)sc1C. The number of aromatic nitrogens is 2. The van der Waals surface area contributed by atoms with E-state index in [0.717, 1.165) is 27.3 Å². The summed E-state index contributed by atoms with van der Waals surface area (Å²) in [6.45, 7) is 4.32. The molecule has 1 aromatic carbocycles. The molecule has 0 bridgehead atoms. The Bertz CT molecular complexity index is 926. The molecule has 0 aliphatic heterocycles. The van der Waals surface area contributed by atoms with Gasteiger partial charge in [0.2, 0.25) is 0 Å². The first kappa shape index (κ1) is 19.3. The quantitative estimate of drug-likeness (QED) is 0.683. The molecule has 7 heteroatoms. The van der Waals surface area contributed by atoms with Crippen LogP contribution >= 0.6 is 11.3 Å². The number of nitrogens with two attached hydrogens (primary N) is 1. The highest BCUT2D eigenvalue weighted by Crippen LogP contribution is 2.32. The molecular weight excluding hydrogens is 363 g/mol. The van der Waals surface area contributed by atoms with E-state index in [1.165, 1.54) is 23.5 Å². The van der Waals surface area contributed by atoms with Gasteiger partial charge in [-0.15, -0.1) is 11.3 Å². The van der Waals surface area contributed by atoms with E-state index in [1.807, 2.05) is 37.8 Å². The van der Waals surface area contributed by atoms with Crippen LogP contribution < -0.4 is 11.1 Å². The summed E-state index contributed by atoms with van der Waals surface area (Å²) >= 11 is 1.46. The van der Waals surface area contributed by atoms with Crippen LogP contribution in [0.4, 0.5) is 4.39 Å². The zero-order valence-corrected chi connectivity index (χ0v) is 16.4. The van der Waals surface area contributed by atoms with Gasteiger partial charge in [-0.25, -0.2) is 4.39 Å². The molecule has 1 amide bonds. The van der Waals surface area contributed by atoms with Gasteiger partial charge in [0.05, 0.1) is 16.8 Å². The van der Waals surface area contributed by atoms with Crippen molar-refractivity contribution >= 4 is 17.2 Å². The molecule has 2 heterocycles. The van der Waals surface area contributed by atoms with E-state index in [-0.39, 0.29) is 17.8 Å². The van der Waals surface area contributed by atoms with E-state index in [4.69, 9.17) is 5.73 Å². The lowest BCUT2D eigenvalue weighted by Crippen LogP contribution is -2.41. The van der Waals surface area contributed by atoms with Crippen LogP contribution in [0.15, 0.2) is 36.5 Å². The molecule has 3 aromatic rings. The average molecular weight is 386 g/mol. The molecule has 3 N–H and O–H groups in total. The minimum Gasteiger partial charge on any atom is -0.347 e. The number of aryl methyl sites for hydroxylation is 3. The van der Waals surface area contributed by atoms with Crippen molar-refractivity contribution in [1.82, 2.24) is 15.1 Å². The second-order valence-corrected chi connectivity index (χ2v) is 7.87. The van der Waals surface area contributed by atoms with Crippen molar-refractivity contribution in [3.63, 3.8) is 0 Å². The number of nitrogens with one attached hydrogen (secondary N) is 1. The second kappa shape index (κ2) is 8.02. The number of rotatable bonds is 6. The number of halogens is 1. The molecule has 0 aliphatic carbocycles. The topological polar surface area (TPSA) is 72.9 Å². The maximum atomic E-state index is 13.1. The van der Waals surface area contributed by atoms with Gasteiger partial charge in [0.1, 0.15) is 5.82 Å². The highest BCUT2D eigenvalue weighted by Gasteiger charge is 2.19. The van der Waals surface area contributed by atoms with E-state index in [1.54, 1.807) is 12.1 Å². The summed E-state index contributed by atoms with van der Waals surface area (Å²) in [5.41, 5.74) is 9.87. The Morgan fingerprint density at radius 2 is 2.04 bits per heavy atom. The molecule has 1 atom stereocenters. The third kappa shape index (κ3) is 4.26. The summed E-state index contributed by atoms with van der Waals surface area (Å²) in [7, 11) is 1.90. The fourth-order valence-corrected chi connectivity index (χ4v) is 4.04. The Hall–Kier alpha value is -2.51. The van der Waals surface area contributed by atoms with Crippen LogP contribution in [0.5, 0.6) is 0 Å². The van der Waals surface area contributed by atoms with Crippen LogP contribution in [-0.2, 0) is 13.5 Å². The van der Waals surface area contributed by atoms with Crippen LogP contribution in [0.3, 0.4) is 0 Å². The van der Waals surface area contributed by atoms with Gasteiger partial charge in [-0.2, -0.15) is 5.10 Å². The molecular formula is C20H23FN4OS. The van der Waals surface area contributed by atoms with Crippen LogP contribution in [0.2, 0.25) is 0 Å². The standard InChI is InChI=1S/C20H23FN4OS/c1-12-11-23-25(3)19(12)17-9-18(27-13(17)2)20(26)24-16(10-22)8-14-4-6-15(21)7-5-14/h4-7,9,11,16H,8,10,22H2,1-3H3,(H,24,26)/t16-/m0/s1. The third-order valence-corrected chi connectivity index (χ3v) is 5.58. The summed E-state index contributed by atoms with van der Waals surface area (Å²) in [4.78, 5) is 14.4. The number of carbonyl (C=O) groups excluding carboxylic acids is 1. The van der Waals surface area contributed by atoms with Crippen LogP contribution in [0, 0.1) is 19.7 Å². The first-order valence-corrected chi connectivity index (χ1v) is 9.55. The van der Waals surface area contributed by atoms with Crippen molar-refractivity contribution in [3.8, 4) is 11.3 Å². The Balaban J connectivity index is 1.75. The number of benzene rings is 1. The van der Waals surface area contributed by atoms with Gasteiger partial charge in [-0.05, 0) is 49.6 Å². The molecule has 0 radical (unpaired) electrons. The molecule has 0 aliphatic rings. The molecule has 0 saturated heterocycles. The lowest BCUT2D eigenvalue weighted by molar-refractivity contribution is 0.0942. The first-order valence-electron chi connectivity index (χ1n) is 8.73. The number of carbonyl (C=O) groups is 1. The van der Waals surface area contributed by atoms with E-state index in [0.29, 0.717) is 17.8 Å². The van der Waals surface area contributed by atoms with Crippen molar-refractivity contribution in [3.05, 3.63) is 63.2 Å². The van der Waals surface area contributed by atoms with E-state index < -0.39 is 0 Å². The van der Waals surface area contributed by atoms with Crippen LogP contribution in [-0.4, -0.2) is 28.3 Å². The molecule has 0 unspecified atom stereocenters. The maximum absolute atomic E-state index is 13.1. The number of hydrogen-bond donors (Lipinski definition) is 2. The lowest BCUT2D eigenvalue weighted by Gasteiger charge is -2.16. The first-order chi connectivity index (χ1) is 12.9. The molecule has 2 aromatic heterocycles. The smallest absolute Gasteiger partial charge is 0.261 e. The number of amides is 1. The zero-order chi connectivity index (χ0) is 19.6. The third-order valence-electron chi connectivity index (χ3n) is 4.53. The van der Waals surface area contributed by atoms with Gasteiger partial charge >= 0.3 is 0 Å². The van der Waals surface area contributed by atoms with Gasteiger partial charge in [0, 0.05) is 30.1 Å². The van der Waals surface area contributed by atoms with Gasteiger partial charge in [0.25, 0.3) is 5.91 Å². The maximum Gasteiger partial charge on any atom is 0.261 e. The van der Waals surface area contributed by atoms with E-state index >= 15 is 0 Å². The van der Waals surface area contributed by atoms with Crippen molar-refractivity contribution in [2.75, 3.05) is 6.54 Å². The summed E-state index contributed by atoms with van der Waals surface area (Å²) in [5, 5.41) is 7.27. The Kier molecular flexibility index (Phi) is 5.72. The fourth-order valence-electron chi connectivity index (χ4n) is 3.12. The highest BCUT2D eigenvalue weighted by molar-refractivity contribution is 7.14. The van der Waals surface area contributed by atoms with Gasteiger partial charge in [0.15, 0.2) is 0 Å². The number of hydrogen-bond acceptors (Lipinski definition) is 4. The molecule has 27 heavy (non-hydrogen) atoms. The zero-order valence-electron chi connectivity index (χ0n) is 15.6. The minimum absolute atomic E-state index is 0.147. The van der Waals surface area contributed by atoms with Crippen LogP contribution in [0.1, 0.15) is 25.7 Å². The summed E-state index contributed by atoms with van der Waals surface area (Å²) in [6.07, 6.45) is 2.37. The van der Waals surface area contributed by atoms with E-state index in [9.17, 15) is 9.18 Å². The minimum atomic E-state index is -0.279. The van der Waals surface area contributed by atoms with Crippen molar-refractivity contribution in [2.45, 2.75) is 26.3 Å². The molecule has 0 spiro atoms. The van der Waals surface area contributed by atoms with Crippen molar-refractivity contribution in [1.29, 1.82) is 0 Å². The van der Waals surface area contributed by atoms with Crippen molar-refractivity contribution in [2.24, 2.45) is 12.8 Å². The molecule has 5 nitrogen and oxygen atoms in total. The Labute approximate surface area is 162 Å². The molecule has 0 saturated carbocycles. The number of nitrogens with zero attached hydrogens (tertiary/aromatic N) is 2. The lowest BCUT2D eigenvalue weighted by atomic mass is 10.1. The normalized spacial score (nSPS) is 12.2. The Morgan fingerprint density at radius 1 is 1.33 bits per heavy atom. The molecule has 142 valence electrons. The largest absolute Gasteiger partial charge is 0.347 e. The summed E-state index contributed by atoms with van der Waals surface area (Å²) in [6, 6.07) is 7.94. The van der Waals surface area contributed by atoms with Crippen molar-refractivity contribution < 1.29 is 9.18 Å². The Morgan fingerprint density at radius 3 is 2.63 bits per heavy atom. The van der Waals surface area contributed by atoms with Gasteiger partial charge in [-0.3, -0.25) is 9.48 Å². The second-order valence-electron chi connectivity index (χ2n) is 6.62. The monoisotopic (exact) mass is 386 g/mol.